The molecular formula is C9H8Cl2N4O. The predicted octanol–water partition coefficient (Wildman–Crippen LogP) is 2.13. The van der Waals surface area contributed by atoms with Gasteiger partial charge < -0.3 is 4.74 Å². The molecule has 84 valence electrons. The predicted molar refractivity (Wildman–Crippen MR) is 59.8 cm³/mol. The summed E-state index contributed by atoms with van der Waals surface area (Å²) in [5.41, 5.74) is 0. The molecule has 0 atom stereocenters. The van der Waals surface area contributed by atoms with Gasteiger partial charge in [0.25, 0.3) is 0 Å². The van der Waals surface area contributed by atoms with Gasteiger partial charge in [-0.1, -0.05) is 28.4 Å². The van der Waals surface area contributed by atoms with Crippen LogP contribution in [0, 0.1) is 0 Å². The van der Waals surface area contributed by atoms with Gasteiger partial charge in [0.15, 0.2) is 5.82 Å². The number of hydrogen-bond donors (Lipinski definition) is 1. The molecule has 0 amide bonds. The average molecular weight is 259 g/mol. The smallest absolute Gasteiger partial charge is 0.177 e. The Morgan fingerprint density at radius 2 is 2.19 bits per heavy atom. The highest BCUT2D eigenvalue weighted by Gasteiger charge is 2.03. The minimum atomic E-state index is 0.416. The fourth-order valence-corrected chi connectivity index (χ4v) is 1.46. The van der Waals surface area contributed by atoms with Gasteiger partial charge in [-0.3, -0.25) is 0 Å². The molecule has 1 aromatic heterocycles. The Morgan fingerprint density at radius 1 is 1.31 bits per heavy atom. The number of tetrazole rings is 1. The third kappa shape index (κ3) is 2.84. The first-order chi connectivity index (χ1) is 7.75. The number of nitrogens with zero attached hydrogens (tertiary/aromatic N) is 3. The normalized spacial score (nSPS) is 10.4. The van der Waals surface area contributed by atoms with Crippen LogP contribution in [0.3, 0.4) is 0 Å². The lowest BCUT2D eigenvalue weighted by Crippen LogP contribution is -2.03. The summed E-state index contributed by atoms with van der Waals surface area (Å²) >= 11 is 11.7. The number of hydrogen-bond acceptors (Lipinski definition) is 4. The number of H-pyrrole nitrogens is 1. The van der Waals surface area contributed by atoms with Crippen LogP contribution < -0.4 is 4.74 Å². The highest BCUT2D eigenvalue weighted by atomic mass is 35.5. The molecule has 0 fully saturated rings. The third-order valence-corrected chi connectivity index (χ3v) is 2.41. The highest BCUT2D eigenvalue weighted by molar-refractivity contribution is 6.34. The zero-order valence-electron chi connectivity index (χ0n) is 8.15. The summed E-state index contributed by atoms with van der Waals surface area (Å²) < 4.78 is 5.45. The van der Waals surface area contributed by atoms with E-state index in [1.54, 1.807) is 18.2 Å². The molecule has 1 heterocycles. The van der Waals surface area contributed by atoms with E-state index in [0.29, 0.717) is 34.6 Å². The second kappa shape index (κ2) is 5.14. The molecule has 0 unspecified atom stereocenters. The van der Waals surface area contributed by atoms with Crippen LogP contribution >= 0.6 is 23.2 Å². The third-order valence-electron chi connectivity index (χ3n) is 1.87. The quantitative estimate of drug-likeness (QED) is 0.913. The van der Waals surface area contributed by atoms with Crippen LogP contribution in [0.15, 0.2) is 18.2 Å². The molecule has 0 aliphatic rings. The second-order valence-electron chi connectivity index (χ2n) is 3.00. The first kappa shape index (κ1) is 11.2. The van der Waals surface area contributed by atoms with E-state index in [9.17, 15) is 0 Å². The number of halogens is 2. The van der Waals surface area contributed by atoms with Gasteiger partial charge in [-0.15, -0.1) is 10.2 Å². The van der Waals surface area contributed by atoms with Gasteiger partial charge in [0.1, 0.15) is 5.75 Å². The fraction of sp³-hybridized carbons (Fsp3) is 0.222. The zero-order chi connectivity index (χ0) is 11.4. The largest absolute Gasteiger partial charge is 0.492 e. The number of benzene rings is 1. The second-order valence-corrected chi connectivity index (χ2v) is 3.84. The Labute approximate surface area is 102 Å². The number of nitrogens with one attached hydrogen (secondary N) is 1. The molecule has 0 saturated carbocycles. The molecule has 0 bridgehead atoms. The van der Waals surface area contributed by atoms with E-state index in [1.807, 2.05) is 0 Å². The molecular weight excluding hydrogens is 251 g/mol. The summed E-state index contributed by atoms with van der Waals surface area (Å²) in [6, 6.07) is 5.06. The maximum absolute atomic E-state index is 5.92. The monoisotopic (exact) mass is 258 g/mol. The molecule has 7 heteroatoms. The molecule has 0 spiro atoms. The van der Waals surface area contributed by atoms with E-state index in [2.05, 4.69) is 20.6 Å². The number of aromatic nitrogens is 4. The van der Waals surface area contributed by atoms with Crippen LogP contribution in [-0.2, 0) is 6.42 Å². The minimum absolute atomic E-state index is 0.416. The standard InChI is InChI=1S/C9H8Cl2N4O/c10-6-1-2-7(11)8(5-6)16-4-3-9-12-14-15-13-9/h1-2,5H,3-4H2,(H,12,13,14,15). The SMILES string of the molecule is Clc1ccc(Cl)c(OCCc2nn[nH]n2)c1. The molecule has 2 rings (SSSR count). The summed E-state index contributed by atoms with van der Waals surface area (Å²) in [6.07, 6.45) is 0.555. The maximum Gasteiger partial charge on any atom is 0.177 e. The molecule has 0 radical (unpaired) electrons. The van der Waals surface area contributed by atoms with E-state index >= 15 is 0 Å². The molecule has 0 aliphatic carbocycles. The van der Waals surface area contributed by atoms with Crippen molar-refractivity contribution in [2.45, 2.75) is 6.42 Å². The summed E-state index contributed by atoms with van der Waals surface area (Å²) in [4.78, 5) is 0. The van der Waals surface area contributed by atoms with Gasteiger partial charge in [-0.2, -0.15) is 5.21 Å². The topological polar surface area (TPSA) is 63.7 Å². The number of aromatic amines is 1. The lowest BCUT2D eigenvalue weighted by molar-refractivity contribution is 0.319. The fourth-order valence-electron chi connectivity index (χ4n) is 1.13. The number of rotatable bonds is 4. The van der Waals surface area contributed by atoms with Crippen molar-refractivity contribution in [2.75, 3.05) is 6.61 Å². The first-order valence-corrected chi connectivity index (χ1v) is 5.31. The van der Waals surface area contributed by atoms with E-state index in [1.165, 1.54) is 0 Å². The Morgan fingerprint density at radius 3 is 2.94 bits per heavy atom. The number of ether oxygens (including phenoxy) is 1. The van der Waals surface area contributed by atoms with Gasteiger partial charge in [-0.05, 0) is 12.1 Å². The Kier molecular flexibility index (Phi) is 3.58. The minimum Gasteiger partial charge on any atom is -0.492 e. The van der Waals surface area contributed by atoms with E-state index in [4.69, 9.17) is 27.9 Å². The zero-order valence-corrected chi connectivity index (χ0v) is 9.66. The highest BCUT2D eigenvalue weighted by Crippen LogP contribution is 2.27. The van der Waals surface area contributed by atoms with Gasteiger partial charge >= 0.3 is 0 Å². The maximum atomic E-state index is 5.92. The lowest BCUT2D eigenvalue weighted by Gasteiger charge is -2.06. The van der Waals surface area contributed by atoms with Crippen LogP contribution in [0.5, 0.6) is 5.75 Å². The van der Waals surface area contributed by atoms with Crippen LogP contribution in [-0.4, -0.2) is 27.2 Å². The van der Waals surface area contributed by atoms with Crippen LogP contribution in [0.2, 0.25) is 10.0 Å². The van der Waals surface area contributed by atoms with E-state index in [0.717, 1.165) is 0 Å². The van der Waals surface area contributed by atoms with Gasteiger partial charge in [-0.25, -0.2) is 0 Å². The summed E-state index contributed by atoms with van der Waals surface area (Å²) in [5.74, 6) is 1.15. The Balaban J connectivity index is 1.92. The van der Waals surface area contributed by atoms with Crippen LogP contribution in [0.1, 0.15) is 5.82 Å². The van der Waals surface area contributed by atoms with Crippen molar-refractivity contribution in [3.05, 3.63) is 34.1 Å². The van der Waals surface area contributed by atoms with E-state index < -0.39 is 0 Å². The molecule has 16 heavy (non-hydrogen) atoms. The Bertz CT molecular complexity index is 461. The van der Waals surface area contributed by atoms with Gasteiger partial charge in [0.05, 0.1) is 11.6 Å². The van der Waals surface area contributed by atoms with Gasteiger partial charge in [0, 0.05) is 17.5 Å². The summed E-state index contributed by atoms with van der Waals surface area (Å²) in [5, 5.41) is 14.5. The molecule has 0 saturated heterocycles. The van der Waals surface area contributed by atoms with Crippen molar-refractivity contribution in [1.82, 2.24) is 20.6 Å². The van der Waals surface area contributed by atoms with Crippen molar-refractivity contribution in [3.8, 4) is 5.75 Å². The molecule has 0 aliphatic heterocycles. The van der Waals surface area contributed by atoms with Gasteiger partial charge in [0.2, 0.25) is 0 Å². The summed E-state index contributed by atoms with van der Waals surface area (Å²) in [7, 11) is 0. The van der Waals surface area contributed by atoms with Crippen molar-refractivity contribution in [1.29, 1.82) is 0 Å². The van der Waals surface area contributed by atoms with Crippen molar-refractivity contribution >= 4 is 23.2 Å². The van der Waals surface area contributed by atoms with Crippen LogP contribution in [0.4, 0.5) is 0 Å². The Hall–Kier alpha value is -1.33. The van der Waals surface area contributed by atoms with E-state index in [-0.39, 0.29) is 0 Å². The van der Waals surface area contributed by atoms with Crippen molar-refractivity contribution in [3.63, 3.8) is 0 Å². The molecule has 5 nitrogen and oxygen atoms in total. The lowest BCUT2D eigenvalue weighted by atomic mass is 10.3. The van der Waals surface area contributed by atoms with Crippen molar-refractivity contribution in [2.24, 2.45) is 0 Å². The van der Waals surface area contributed by atoms with Crippen molar-refractivity contribution < 1.29 is 4.74 Å². The first-order valence-electron chi connectivity index (χ1n) is 4.56. The molecule has 1 aromatic carbocycles. The average Bonchev–Trinajstić information content (AvgIpc) is 2.76. The van der Waals surface area contributed by atoms with Crippen LogP contribution in [0.25, 0.3) is 0 Å². The summed E-state index contributed by atoms with van der Waals surface area (Å²) in [6.45, 7) is 0.416. The molecule has 1 N–H and O–H groups in total. The molecule has 2 aromatic rings.